The Morgan fingerprint density at radius 2 is 1.50 bits per heavy atom. The molecular weight excluding hydrogens is 279 g/mol. The molecule has 0 aliphatic carbocycles. The number of carboxylic acids is 1. The third-order valence-corrected chi connectivity index (χ3v) is 3.58. The van der Waals surface area contributed by atoms with Crippen molar-refractivity contribution in [1.82, 2.24) is 0 Å². The molecule has 0 bridgehead atoms. The Hall–Kier alpha value is -0.510. The van der Waals surface area contributed by atoms with Gasteiger partial charge in [0.2, 0.25) is 0 Å². The van der Waals surface area contributed by atoms with Crippen molar-refractivity contribution in [2.75, 3.05) is 19.4 Å². The van der Waals surface area contributed by atoms with Crippen LogP contribution in [-0.4, -0.2) is 36.2 Å². The van der Waals surface area contributed by atoms with E-state index >= 15 is 0 Å². The minimum Gasteiger partial charge on any atom is -0.477 e. The third kappa shape index (κ3) is 7.93. The van der Waals surface area contributed by atoms with Crippen molar-refractivity contribution in [3.63, 3.8) is 0 Å². The highest BCUT2D eigenvalue weighted by molar-refractivity contribution is 7.23. The van der Waals surface area contributed by atoms with E-state index in [2.05, 4.69) is 0 Å². The van der Waals surface area contributed by atoms with Crippen molar-refractivity contribution in [3.05, 3.63) is 0 Å². The molecule has 0 aromatic rings. The van der Waals surface area contributed by atoms with Crippen LogP contribution in [0.3, 0.4) is 0 Å². The standard InChI is InChI=1S/C14H27O5P/c1-3-18-14(13(15)16,19-4-2)11-9-7-5-6-8-10-12-20-17/h3-12H2,1-2H3,(H,15,16). The minimum atomic E-state index is -1.48. The zero-order valence-corrected chi connectivity index (χ0v) is 13.5. The average molecular weight is 306 g/mol. The Kier molecular flexibility index (Phi) is 11.9. The summed E-state index contributed by atoms with van der Waals surface area (Å²) in [4.78, 5) is 11.4. The van der Waals surface area contributed by atoms with Gasteiger partial charge in [0.15, 0.2) is 8.46 Å². The fourth-order valence-corrected chi connectivity index (χ4v) is 2.48. The number of hydrogen-bond donors (Lipinski definition) is 1. The van der Waals surface area contributed by atoms with Crippen LogP contribution in [0.1, 0.15) is 58.8 Å². The fourth-order valence-electron chi connectivity index (χ4n) is 2.12. The first-order valence-electron chi connectivity index (χ1n) is 7.43. The molecule has 6 heteroatoms. The maximum absolute atomic E-state index is 11.4. The Morgan fingerprint density at radius 1 is 1.00 bits per heavy atom. The van der Waals surface area contributed by atoms with Crippen LogP contribution < -0.4 is 0 Å². The summed E-state index contributed by atoms with van der Waals surface area (Å²) >= 11 is 0. The van der Waals surface area contributed by atoms with Crippen molar-refractivity contribution in [3.8, 4) is 0 Å². The van der Waals surface area contributed by atoms with Gasteiger partial charge in [-0.05, 0) is 26.7 Å². The molecule has 5 nitrogen and oxygen atoms in total. The van der Waals surface area contributed by atoms with Gasteiger partial charge in [-0.2, -0.15) is 0 Å². The lowest BCUT2D eigenvalue weighted by Gasteiger charge is -2.28. The molecule has 1 N–H and O–H groups in total. The van der Waals surface area contributed by atoms with E-state index in [4.69, 9.17) is 9.47 Å². The summed E-state index contributed by atoms with van der Waals surface area (Å²) in [5.41, 5.74) is 0. The number of carbonyl (C=O) groups is 1. The zero-order valence-electron chi connectivity index (χ0n) is 12.6. The fraction of sp³-hybridized carbons (Fsp3) is 0.929. The van der Waals surface area contributed by atoms with Crippen LogP contribution in [0, 0.1) is 0 Å². The SMILES string of the molecule is CCOC(CCCCCCCCP=O)(OCC)C(=O)O. The van der Waals surface area contributed by atoms with Gasteiger partial charge >= 0.3 is 5.97 Å². The molecular formula is C14H27O5P. The minimum absolute atomic E-state index is 0.225. The highest BCUT2D eigenvalue weighted by Gasteiger charge is 2.39. The van der Waals surface area contributed by atoms with Gasteiger partial charge in [0.25, 0.3) is 5.79 Å². The Labute approximate surface area is 123 Å². The van der Waals surface area contributed by atoms with Crippen LogP contribution in [0.15, 0.2) is 0 Å². The largest absolute Gasteiger partial charge is 0.477 e. The molecule has 0 saturated carbocycles. The summed E-state index contributed by atoms with van der Waals surface area (Å²) in [7, 11) is 0.225. The second-order valence-electron chi connectivity index (χ2n) is 4.65. The number of hydrogen-bond acceptors (Lipinski definition) is 4. The molecule has 0 rings (SSSR count). The first-order valence-corrected chi connectivity index (χ1v) is 8.43. The molecule has 0 spiro atoms. The molecule has 0 aliphatic rings. The summed E-state index contributed by atoms with van der Waals surface area (Å²) in [6.45, 7) is 4.18. The van der Waals surface area contributed by atoms with E-state index in [1.165, 1.54) is 0 Å². The molecule has 0 atom stereocenters. The van der Waals surface area contributed by atoms with Gasteiger partial charge in [0.05, 0.1) is 0 Å². The van der Waals surface area contributed by atoms with Crippen LogP contribution in [-0.2, 0) is 18.8 Å². The first kappa shape index (κ1) is 19.5. The van der Waals surface area contributed by atoms with Gasteiger partial charge in [0, 0.05) is 25.8 Å². The lowest BCUT2D eigenvalue weighted by atomic mass is 10.0. The molecule has 0 aliphatic heterocycles. The zero-order chi connectivity index (χ0) is 15.3. The van der Waals surface area contributed by atoms with Crippen molar-refractivity contribution < 1.29 is 23.9 Å². The van der Waals surface area contributed by atoms with Gasteiger partial charge < -0.3 is 14.6 Å². The van der Waals surface area contributed by atoms with E-state index < -0.39 is 11.8 Å². The highest BCUT2D eigenvalue weighted by Crippen LogP contribution is 2.23. The topological polar surface area (TPSA) is 72.8 Å². The van der Waals surface area contributed by atoms with Crippen molar-refractivity contribution >= 4 is 14.4 Å². The summed E-state index contributed by atoms with van der Waals surface area (Å²) < 4.78 is 20.9. The molecule has 20 heavy (non-hydrogen) atoms. The van der Waals surface area contributed by atoms with E-state index in [9.17, 15) is 14.5 Å². The predicted molar refractivity (Wildman–Crippen MR) is 78.4 cm³/mol. The summed E-state index contributed by atoms with van der Waals surface area (Å²) in [6, 6.07) is 0. The van der Waals surface area contributed by atoms with E-state index in [1.807, 2.05) is 0 Å². The van der Waals surface area contributed by atoms with Crippen LogP contribution in [0.2, 0.25) is 0 Å². The maximum Gasteiger partial charge on any atom is 0.364 e. The normalized spacial score (nSPS) is 11.9. The van der Waals surface area contributed by atoms with E-state index in [0.29, 0.717) is 19.6 Å². The lowest BCUT2D eigenvalue weighted by molar-refractivity contribution is -0.244. The molecule has 118 valence electrons. The smallest absolute Gasteiger partial charge is 0.364 e. The lowest BCUT2D eigenvalue weighted by Crippen LogP contribution is -2.44. The van der Waals surface area contributed by atoms with Crippen molar-refractivity contribution in [2.24, 2.45) is 0 Å². The molecule has 0 fully saturated rings. The molecule has 0 saturated heterocycles. The second kappa shape index (κ2) is 12.2. The van der Waals surface area contributed by atoms with Crippen LogP contribution >= 0.6 is 8.46 Å². The molecule has 0 amide bonds. The van der Waals surface area contributed by atoms with Gasteiger partial charge in [-0.1, -0.05) is 25.7 Å². The second-order valence-corrected chi connectivity index (χ2v) is 5.35. The maximum atomic E-state index is 11.4. The number of ether oxygens (including phenoxy) is 2. The summed E-state index contributed by atoms with van der Waals surface area (Å²) in [5.74, 6) is -2.53. The monoisotopic (exact) mass is 306 g/mol. The van der Waals surface area contributed by atoms with E-state index in [-0.39, 0.29) is 8.46 Å². The Morgan fingerprint density at radius 3 is 1.95 bits per heavy atom. The number of carboxylic acid groups (broad SMARTS) is 1. The molecule has 0 heterocycles. The first-order chi connectivity index (χ1) is 9.63. The average Bonchev–Trinajstić information content (AvgIpc) is 2.42. The van der Waals surface area contributed by atoms with E-state index in [0.717, 1.165) is 44.7 Å². The van der Waals surface area contributed by atoms with Crippen LogP contribution in [0.4, 0.5) is 0 Å². The summed E-state index contributed by atoms with van der Waals surface area (Å²) in [6.07, 6.45) is 7.07. The van der Waals surface area contributed by atoms with E-state index in [1.54, 1.807) is 13.8 Å². The molecule has 0 aromatic heterocycles. The quantitative estimate of drug-likeness (QED) is 0.300. The highest BCUT2D eigenvalue weighted by atomic mass is 31.1. The number of rotatable bonds is 14. The van der Waals surface area contributed by atoms with Crippen LogP contribution in [0.5, 0.6) is 0 Å². The molecule has 0 unspecified atom stereocenters. The predicted octanol–water partition coefficient (Wildman–Crippen LogP) is 3.86. The Balaban J connectivity index is 3.95. The number of unbranched alkanes of at least 4 members (excludes halogenated alkanes) is 5. The third-order valence-electron chi connectivity index (χ3n) is 3.09. The van der Waals surface area contributed by atoms with Crippen molar-refractivity contribution in [1.29, 1.82) is 0 Å². The molecule has 0 aromatic carbocycles. The molecule has 0 radical (unpaired) electrons. The number of aliphatic carboxylic acids is 1. The van der Waals surface area contributed by atoms with Crippen molar-refractivity contribution in [2.45, 2.75) is 64.6 Å². The van der Waals surface area contributed by atoms with Gasteiger partial charge in [-0.25, -0.2) is 4.79 Å². The Bertz CT molecular complexity index is 264. The van der Waals surface area contributed by atoms with Gasteiger partial charge in [0.1, 0.15) is 0 Å². The van der Waals surface area contributed by atoms with Gasteiger partial charge in [-0.15, -0.1) is 0 Å². The summed E-state index contributed by atoms with van der Waals surface area (Å²) in [5, 5.41) is 9.31. The van der Waals surface area contributed by atoms with Crippen LogP contribution in [0.25, 0.3) is 0 Å². The van der Waals surface area contributed by atoms with Gasteiger partial charge in [-0.3, -0.25) is 4.57 Å².